The van der Waals surface area contributed by atoms with E-state index in [0.717, 1.165) is 34.3 Å². The third kappa shape index (κ3) is 4.06. The van der Waals surface area contributed by atoms with Crippen molar-refractivity contribution in [3.05, 3.63) is 76.3 Å². The van der Waals surface area contributed by atoms with E-state index >= 15 is 0 Å². The third-order valence-electron chi connectivity index (χ3n) is 4.49. The summed E-state index contributed by atoms with van der Waals surface area (Å²) in [5, 5.41) is 11.0. The van der Waals surface area contributed by atoms with Gasteiger partial charge in [0.15, 0.2) is 5.17 Å². The molecule has 1 saturated heterocycles. The molecule has 0 saturated carbocycles. The number of aliphatic carboxylic acids is 1. The molecule has 4 rings (SSSR count). The van der Waals surface area contributed by atoms with Crippen LogP contribution in [0.15, 0.2) is 70.7 Å². The zero-order valence-electron chi connectivity index (χ0n) is 15.1. The lowest BCUT2D eigenvalue weighted by molar-refractivity contribution is -0.132. The Hall–Kier alpha value is -3.03. The van der Waals surface area contributed by atoms with Gasteiger partial charge in [-0.1, -0.05) is 41.9 Å². The van der Waals surface area contributed by atoms with Gasteiger partial charge in [-0.25, -0.2) is 9.79 Å². The first-order valence-corrected chi connectivity index (χ1v) is 10.0. The number of nitrogens with one attached hydrogen (secondary N) is 1. The second kappa shape index (κ2) is 8.14. The average molecular weight is 426 g/mol. The predicted octanol–water partition coefficient (Wildman–Crippen LogP) is 4.60. The monoisotopic (exact) mass is 425 g/mol. The molecule has 1 amide bonds. The number of aromatic nitrogens is 1. The standard InChI is InChI=1S/C21H16ClN3O3S/c22-15-6-2-4-8-17(15)24-21-25(20(28)18(29-21)11-19(26)27)10-9-13-12-23-16-7-3-1-5-14(13)16/h1-8,11-12,23H,9-10H2,(H,26,27). The molecule has 0 unspecified atom stereocenters. The zero-order chi connectivity index (χ0) is 20.4. The van der Waals surface area contributed by atoms with Crippen LogP contribution in [-0.4, -0.2) is 38.6 Å². The predicted molar refractivity (Wildman–Crippen MR) is 116 cm³/mol. The second-order valence-corrected chi connectivity index (χ2v) is 7.78. The minimum atomic E-state index is -1.17. The Bertz CT molecular complexity index is 1170. The van der Waals surface area contributed by atoms with Crippen LogP contribution in [0.25, 0.3) is 10.9 Å². The molecule has 0 spiro atoms. The Kier molecular flexibility index (Phi) is 5.42. The van der Waals surface area contributed by atoms with Crippen molar-refractivity contribution in [2.24, 2.45) is 4.99 Å². The summed E-state index contributed by atoms with van der Waals surface area (Å²) < 4.78 is 0. The minimum Gasteiger partial charge on any atom is -0.478 e. The van der Waals surface area contributed by atoms with Gasteiger partial charge in [0.05, 0.1) is 15.6 Å². The van der Waals surface area contributed by atoms with Crippen LogP contribution in [0.5, 0.6) is 0 Å². The highest BCUT2D eigenvalue weighted by Crippen LogP contribution is 2.34. The van der Waals surface area contributed by atoms with Crippen LogP contribution in [0.1, 0.15) is 5.56 Å². The smallest absolute Gasteiger partial charge is 0.329 e. The maximum atomic E-state index is 12.8. The van der Waals surface area contributed by atoms with Crippen molar-refractivity contribution in [1.82, 2.24) is 9.88 Å². The van der Waals surface area contributed by atoms with E-state index < -0.39 is 5.97 Å². The molecule has 3 aromatic rings. The Morgan fingerprint density at radius 2 is 1.97 bits per heavy atom. The number of H-pyrrole nitrogens is 1. The van der Waals surface area contributed by atoms with Crippen LogP contribution in [0, 0.1) is 0 Å². The molecule has 6 nitrogen and oxygen atoms in total. The number of fused-ring (bicyclic) bond motifs is 1. The number of carboxylic acids is 1. The molecule has 2 heterocycles. The van der Waals surface area contributed by atoms with Crippen LogP contribution >= 0.6 is 23.4 Å². The third-order valence-corrected chi connectivity index (χ3v) is 5.82. The fourth-order valence-electron chi connectivity index (χ4n) is 3.12. The number of carboxylic acid groups (broad SMARTS) is 1. The molecule has 1 fully saturated rings. The van der Waals surface area contributed by atoms with Crippen molar-refractivity contribution >= 4 is 57.0 Å². The molecule has 0 radical (unpaired) electrons. The number of amidine groups is 1. The number of nitrogens with zero attached hydrogens (tertiary/aromatic N) is 2. The van der Waals surface area contributed by atoms with E-state index in [9.17, 15) is 9.59 Å². The quantitative estimate of drug-likeness (QED) is 0.585. The molecule has 8 heteroatoms. The lowest BCUT2D eigenvalue weighted by Crippen LogP contribution is -2.31. The Morgan fingerprint density at radius 1 is 1.21 bits per heavy atom. The maximum absolute atomic E-state index is 12.8. The lowest BCUT2D eigenvalue weighted by Gasteiger charge is -2.15. The molecule has 0 bridgehead atoms. The number of amides is 1. The minimum absolute atomic E-state index is 0.127. The summed E-state index contributed by atoms with van der Waals surface area (Å²) in [4.78, 5) is 33.3. The molecule has 0 aliphatic carbocycles. The van der Waals surface area contributed by atoms with E-state index in [4.69, 9.17) is 16.7 Å². The van der Waals surface area contributed by atoms with Gasteiger partial charge in [-0.3, -0.25) is 9.69 Å². The van der Waals surface area contributed by atoms with E-state index in [1.165, 1.54) is 4.90 Å². The summed E-state index contributed by atoms with van der Waals surface area (Å²) in [6.45, 7) is 0.369. The van der Waals surface area contributed by atoms with E-state index in [1.54, 1.807) is 24.3 Å². The number of hydrogen-bond acceptors (Lipinski definition) is 4. The molecular weight excluding hydrogens is 410 g/mol. The lowest BCUT2D eigenvalue weighted by atomic mass is 10.1. The summed E-state index contributed by atoms with van der Waals surface area (Å²) in [5.41, 5.74) is 2.63. The second-order valence-electron chi connectivity index (χ2n) is 6.36. The van der Waals surface area contributed by atoms with E-state index in [2.05, 4.69) is 9.98 Å². The molecule has 0 atom stereocenters. The number of carbonyl (C=O) groups is 2. The number of para-hydroxylation sites is 2. The van der Waals surface area contributed by atoms with Gasteiger partial charge >= 0.3 is 5.97 Å². The SMILES string of the molecule is O=C(O)C=C1SC(=Nc2ccccc2Cl)N(CCc2c[nH]c3ccccc23)C1=O. The van der Waals surface area contributed by atoms with Crippen LogP contribution in [0.4, 0.5) is 5.69 Å². The van der Waals surface area contributed by atoms with Gasteiger partial charge in [0, 0.05) is 29.7 Å². The van der Waals surface area contributed by atoms with Gasteiger partial charge in [-0.05, 0) is 41.9 Å². The number of benzene rings is 2. The van der Waals surface area contributed by atoms with Crippen molar-refractivity contribution in [2.75, 3.05) is 6.54 Å². The fourth-order valence-corrected chi connectivity index (χ4v) is 4.28. The van der Waals surface area contributed by atoms with Crippen molar-refractivity contribution < 1.29 is 14.7 Å². The van der Waals surface area contributed by atoms with Gasteiger partial charge in [0.25, 0.3) is 5.91 Å². The van der Waals surface area contributed by atoms with Gasteiger partial charge in [-0.2, -0.15) is 0 Å². The van der Waals surface area contributed by atoms with Crippen LogP contribution < -0.4 is 0 Å². The first-order chi connectivity index (χ1) is 14.0. The highest BCUT2D eigenvalue weighted by Gasteiger charge is 2.34. The zero-order valence-corrected chi connectivity index (χ0v) is 16.7. The van der Waals surface area contributed by atoms with Gasteiger partial charge < -0.3 is 10.1 Å². The number of hydrogen-bond donors (Lipinski definition) is 2. The Balaban J connectivity index is 1.64. The summed E-state index contributed by atoms with van der Waals surface area (Å²) in [6.07, 6.45) is 3.44. The topological polar surface area (TPSA) is 85.8 Å². The number of rotatable bonds is 5. The number of aromatic amines is 1. The molecule has 1 aliphatic rings. The van der Waals surface area contributed by atoms with Crippen LogP contribution in [0.3, 0.4) is 0 Å². The first-order valence-electron chi connectivity index (χ1n) is 8.85. The normalized spacial score (nSPS) is 17.0. The fraction of sp³-hybridized carbons (Fsp3) is 0.0952. The summed E-state index contributed by atoms with van der Waals surface area (Å²) in [7, 11) is 0. The number of thioether (sulfide) groups is 1. The van der Waals surface area contributed by atoms with Crippen LogP contribution in [0.2, 0.25) is 5.02 Å². The van der Waals surface area contributed by atoms with E-state index in [1.807, 2.05) is 30.5 Å². The van der Waals surface area contributed by atoms with Gasteiger partial charge in [0.2, 0.25) is 0 Å². The van der Waals surface area contributed by atoms with Crippen molar-refractivity contribution in [2.45, 2.75) is 6.42 Å². The summed E-state index contributed by atoms with van der Waals surface area (Å²) in [5.74, 6) is -1.54. The molecule has 1 aliphatic heterocycles. The summed E-state index contributed by atoms with van der Waals surface area (Å²) in [6, 6.07) is 15.0. The largest absolute Gasteiger partial charge is 0.478 e. The molecule has 2 aromatic carbocycles. The molecular formula is C21H16ClN3O3S. The maximum Gasteiger partial charge on any atom is 0.329 e. The van der Waals surface area contributed by atoms with Crippen LogP contribution in [-0.2, 0) is 16.0 Å². The first kappa shape index (κ1) is 19.3. The van der Waals surface area contributed by atoms with Gasteiger partial charge in [-0.15, -0.1) is 0 Å². The Morgan fingerprint density at radius 3 is 2.76 bits per heavy atom. The van der Waals surface area contributed by atoms with Crippen molar-refractivity contribution in [1.29, 1.82) is 0 Å². The molecule has 2 N–H and O–H groups in total. The van der Waals surface area contributed by atoms with Crippen molar-refractivity contribution in [3.8, 4) is 0 Å². The average Bonchev–Trinajstić information content (AvgIpc) is 3.23. The molecule has 146 valence electrons. The molecule has 1 aromatic heterocycles. The highest BCUT2D eigenvalue weighted by atomic mass is 35.5. The number of halogens is 1. The highest BCUT2D eigenvalue weighted by molar-refractivity contribution is 8.18. The number of carbonyl (C=O) groups excluding carboxylic acids is 1. The van der Waals surface area contributed by atoms with E-state index in [-0.39, 0.29) is 10.8 Å². The summed E-state index contributed by atoms with van der Waals surface area (Å²) >= 11 is 7.24. The van der Waals surface area contributed by atoms with E-state index in [0.29, 0.717) is 28.8 Å². The molecule has 29 heavy (non-hydrogen) atoms. The van der Waals surface area contributed by atoms with Crippen molar-refractivity contribution in [3.63, 3.8) is 0 Å². The Labute approximate surface area is 175 Å². The van der Waals surface area contributed by atoms with Gasteiger partial charge in [0.1, 0.15) is 0 Å². The number of aliphatic imine (C=N–C) groups is 1.